The first-order chi connectivity index (χ1) is 17.3. The van der Waals surface area contributed by atoms with E-state index in [-0.39, 0.29) is 6.10 Å². The van der Waals surface area contributed by atoms with Crippen LogP contribution in [0.4, 0.5) is 0 Å². The summed E-state index contributed by atoms with van der Waals surface area (Å²) in [6.45, 7) is 1.63. The van der Waals surface area contributed by atoms with Gasteiger partial charge in [-0.3, -0.25) is 0 Å². The lowest BCUT2D eigenvalue weighted by molar-refractivity contribution is -0.185. The number of hydrogen-bond donors (Lipinski definition) is 0. The Balaban J connectivity index is 1.52. The van der Waals surface area contributed by atoms with Crippen LogP contribution in [0, 0.1) is 0 Å². The highest BCUT2D eigenvalue weighted by Crippen LogP contribution is 2.32. The number of hydrogen-bond acceptors (Lipinski definition) is 6. The summed E-state index contributed by atoms with van der Waals surface area (Å²) >= 11 is 0. The van der Waals surface area contributed by atoms with Crippen LogP contribution in [0.15, 0.2) is 91.0 Å². The average molecular weight is 479 g/mol. The van der Waals surface area contributed by atoms with Gasteiger partial charge in [0.25, 0.3) is 0 Å². The molecule has 0 bridgehead atoms. The fourth-order valence-corrected chi connectivity index (χ4v) is 4.22. The van der Waals surface area contributed by atoms with Crippen molar-refractivity contribution in [3.8, 4) is 0 Å². The predicted octanol–water partition coefficient (Wildman–Crippen LogP) is 4.76. The van der Waals surface area contributed by atoms with E-state index in [9.17, 15) is 0 Å². The van der Waals surface area contributed by atoms with E-state index in [1.54, 1.807) is 14.2 Å². The number of rotatable bonds is 13. The SMILES string of the molecule is COC[C@@H](OCc1ccccc1)[C@@H]1OC(OC)[C@H](OCc2ccccc2)[C@H]1OCc1ccccc1. The molecule has 0 aromatic heterocycles. The van der Waals surface area contributed by atoms with Crippen molar-refractivity contribution in [2.24, 2.45) is 0 Å². The number of ether oxygens (including phenoxy) is 6. The van der Waals surface area contributed by atoms with Crippen molar-refractivity contribution >= 4 is 0 Å². The molecular weight excluding hydrogens is 444 g/mol. The quantitative estimate of drug-likeness (QED) is 0.353. The van der Waals surface area contributed by atoms with Crippen LogP contribution in [-0.2, 0) is 48.2 Å². The van der Waals surface area contributed by atoms with Gasteiger partial charge in [-0.25, -0.2) is 0 Å². The maximum absolute atomic E-state index is 6.45. The molecule has 1 fully saturated rings. The van der Waals surface area contributed by atoms with Gasteiger partial charge in [0.05, 0.1) is 26.4 Å². The molecular formula is C29H34O6. The van der Waals surface area contributed by atoms with E-state index >= 15 is 0 Å². The highest BCUT2D eigenvalue weighted by molar-refractivity contribution is 5.15. The monoisotopic (exact) mass is 478 g/mol. The largest absolute Gasteiger partial charge is 0.382 e. The Kier molecular flexibility index (Phi) is 9.84. The summed E-state index contributed by atoms with van der Waals surface area (Å²) < 4.78 is 36.6. The second-order valence-corrected chi connectivity index (χ2v) is 8.52. The normalized spacial score (nSPS) is 22.8. The lowest BCUT2D eigenvalue weighted by Crippen LogP contribution is -2.44. The van der Waals surface area contributed by atoms with E-state index in [1.807, 2.05) is 91.0 Å². The number of methoxy groups -OCH3 is 2. The fourth-order valence-electron chi connectivity index (χ4n) is 4.22. The fraction of sp³-hybridized carbons (Fsp3) is 0.379. The third-order valence-corrected chi connectivity index (χ3v) is 6.01. The Morgan fingerprint density at radius 2 is 1.14 bits per heavy atom. The van der Waals surface area contributed by atoms with Crippen molar-refractivity contribution in [3.05, 3.63) is 108 Å². The van der Waals surface area contributed by atoms with Crippen molar-refractivity contribution in [2.45, 2.75) is 50.5 Å². The van der Waals surface area contributed by atoms with Crippen LogP contribution >= 0.6 is 0 Å². The Labute approximate surface area is 207 Å². The molecule has 0 saturated carbocycles. The molecule has 1 saturated heterocycles. The van der Waals surface area contributed by atoms with Crippen LogP contribution in [0.5, 0.6) is 0 Å². The van der Waals surface area contributed by atoms with Crippen LogP contribution in [0.2, 0.25) is 0 Å². The molecule has 4 rings (SSSR count). The summed E-state index contributed by atoms with van der Waals surface area (Å²) in [6.07, 6.45) is -2.25. The summed E-state index contributed by atoms with van der Waals surface area (Å²) in [4.78, 5) is 0. The summed E-state index contributed by atoms with van der Waals surface area (Å²) in [6, 6.07) is 30.2. The minimum Gasteiger partial charge on any atom is -0.382 e. The second kappa shape index (κ2) is 13.5. The topological polar surface area (TPSA) is 55.4 Å². The first-order valence-electron chi connectivity index (χ1n) is 11.9. The molecule has 6 nitrogen and oxygen atoms in total. The van der Waals surface area contributed by atoms with Crippen molar-refractivity contribution in [3.63, 3.8) is 0 Å². The van der Waals surface area contributed by atoms with E-state index in [4.69, 9.17) is 28.4 Å². The zero-order valence-corrected chi connectivity index (χ0v) is 20.3. The van der Waals surface area contributed by atoms with E-state index in [1.165, 1.54) is 0 Å². The lowest BCUT2D eigenvalue weighted by atomic mass is 10.0. The molecule has 0 N–H and O–H groups in total. The van der Waals surface area contributed by atoms with Gasteiger partial charge >= 0.3 is 0 Å². The molecule has 0 aliphatic carbocycles. The molecule has 1 aliphatic rings. The third kappa shape index (κ3) is 7.21. The highest BCUT2D eigenvalue weighted by atomic mass is 16.7. The van der Waals surface area contributed by atoms with Gasteiger partial charge in [-0.05, 0) is 16.7 Å². The van der Waals surface area contributed by atoms with Gasteiger partial charge < -0.3 is 28.4 Å². The standard InChI is InChI=1S/C29H34O6/c1-30-21-25(32-18-22-12-6-3-7-13-22)26-27(33-19-23-14-8-4-9-15-23)28(29(31-2)35-26)34-20-24-16-10-5-11-17-24/h3-17,25-29H,18-21H2,1-2H3/t25-,26+,27+,28-,29?/m1/s1. The van der Waals surface area contributed by atoms with E-state index in [0.29, 0.717) is 26.4 Å². The van der Waals surface area contributed by atoms with Crippen LogP contribution < -0.4 is 0 Å². The smallest absolute Gasteiger partial charge is 0.186 e. The lowest BCUT2D eigenvalue weighted by Gasteiger charge is -2.29. The second-order valence-electron chi connectivity index (χ2n) is 8.52. The predicted molar refractivity (Wildman–Crippen MR) is 133 cm³/mol. The molecule has 0 spiro atoms. The molecule has 3 aromatic carbocycles. The van der Waals surface area contributed by atoms with Crippen molar-refractivity contribution in [2.75, 3.05) is 20.8 Å². The van der Waals surface area contributed by atoms with Crippen LogP contribution in [0.3, 0.4) is 0 Å². The van der Waals surface area contributed by atoms with Crippen LogP contribution in [-0.4, -0.2) is 51.5 Å². The first-order valence-corrected chi connectivity index (χ1v) is 11.9. The van der Waals surface area contributed by atoms with Gasteiger partial charge in [0.2, 0.25) is 0 Å². The molecule has 1 aliphatic heterocycles. The van der Waals surface area contributed by atoms with E-state index in [0.717, 1.165) is 16.7 Å². The zero-order chi connectivity index (χ0) is 24.3. The Bertz CT molecular complexity index is 968. The summed E-state index contributed by atoms with van der Waals surface area (Å²) in [5.74, 6) is 0. The van der Waals surface area contributed by atoms with Gasteiger partial charge in [0, 0.05) is 14.2 Å². The van der Waals surface area contributed by atoms with Crippen molar-refractivity contribution < 1.29 is 28.4 Å². The maximum Gasteiger partial charge on any atom is 0.186 e. The zero-order valence-electron chi connectivity index (χ0n) is 20.3. The van der Waals surface area contributed by atoms with Crippen LogP contribution in [0.1, 0.15) is 16.7 Å². The van der Waals surface area contributed by atoms with Gasteiger partial charge in [-0.15, -0.1) is 0 Å². The first kappa shape index (κ1) is 25.5. The van der Waals surface area contributed by atoms with Gasteiger partial charge in [-0.2, -0.15) is 0 Å². The molecule has 6 heteroatoms. The van der Waals surface area contributed by atoms with Gasteiger partial charge in [0.15, 0.2) is 6.29 Å². The molecule has 35 heavy (non-hydrogen) atoms. The molecule has 0 amide bonds. The minimum atomic E-state index is -0.593. The van der Waals surface area contributed by atoms with Gasteiger partial charge in [0.1, 0.15) is 24.4 Å². The van der Waals surface area contributed by atoms with E-state index < -0.39 is 24.6 Å². The average Bonchev–Trinajstić information content (AvgIpc) is 3.27. The Hall–Kier alpha value is -2.58. The molecule has 3 aromatic rings. The molecule has 5 atom stereocenters. The van der Waals surface area contributed by atoms with Gasteiger partial charge in [-0.1, -0.05) is 91.0 Å². The van der Waals surface area contributed by atoms with E-state index in [2.05, 4.69) is 0 Å². The Morgan fingerprint density at radius 3 is 1.63 bits per heavy atom. The van der Waals surface area contributed by atoms with Crippen LogP contribution in [0.25, 0.3) is 0 Å². The summed E-state index contributed by atoms with van der Waals surface area (Å²) in [5, 5.41) is 0. The molecule has 186 valence electrons. The maximum atomic E-state index is 6.45. The minimum absolute atomic E-state index is 0.352. The summed E-state index contributed by atoms with van der Waals surface area (Å²) in [5.41, 5.74) is 3.22. The number of benzene rings is 3. The Morgan fingerprint density at radius 1 is 0.657 bits per heavy atom. The summed E-state index contributed by atoms with van der Waals surface area (Å²) in [7, 11) is 3.28. The molecule has 1 unspecified atom stereocenters. The van der Waals surface area contributed by atoms with Crippen molar-refractivity contribution in [1.82, 2.24) is 0 Å². The van der Waals surface area contributed by atoms with Crippen molar-refractivity contribution in [1.29, 1.82) is 0 Å². The molecule has 1 heterocycles. The third-order valence-electron chi connectivity index (χ3n) is 6.01. The highest BCUT2D eigenvalue weighted by Gasteiger charge is 2.50. The molecule has 0 radical (unpaired) electrons.